The number of aromatic hydroxyl groups is 1. The van der Waals surface area contributed by atoms with Crippen molar-refractivity contribution >= 4 is 0 Å². The third kappa shape index (κ3) is 2.92. The Kier molecular flexibility index (Phi) is 4.08. The highest BCUT2D eigenvalue weighted by atomic mass is 16.3. The van der Waals surface area contributed by atoms with Crippen LogP contribution in [0.2, 0.25) is 0 Å². The van der Waals surface area contributed by atoms with Gasteiger partial charge in [0.1, 0.15) is 11.9 Å². The second-order valence-corrected chi connectivity index (χ2v) is 3.63. The molecule has 5 N–H and O–H groups in total. The van der Waals surface area contributed by atoms with Crippen molar-refractivity contribution in [3.63, 3.8) is 0 Å². The molecule has 0 heterocycles. The van der Waals surface area contributed by atoms with Crippen LogP contribution >= 0.6 is 0 Å². The van der Waals surface area contributed by atoms with E-state index in [9.17, 15) is 15.3 Å². The van der Waals surface area contributed by atoms with E-state index in [-0.39, 0.29) is 5.75 Å². The normalized spacial score (nSPS) is 14.9. The summed E-state index contributed by atoms with van der Waals surface area (Å²) in [4.78, 5) is 0. The first-order valence-corrected chi connectivity index (χ1v) is 4.92. The van der Waals surface area contributed by atoms with Crippen molar-refractivity contribution in [3.05, 3.63) is 29.3 Å². The van der Waals surface area contributed by atoms with Gasteiger partial charge in [0, 0.05) is 0 Å². The topological polar surface area (TPSA) is 86.7 Å². The lowest BCUT2D eigenvalue weighted by atomic mass is 9.98. The van der Waals surface area contributed by atoms with Crippen molar-refractivity contribution in [2.45, 2.75) is 25.6 Å². The first kappa shape index (κ1) is 12.0. The Labute approximate surface area is 89.0 Å². The van der Waals surface area contributed by atoms with Gasteiger partial charge >= 0.3 is 0 Å². The Hall–Kier alpha value is -1.10. The number of hydrogen-bond donors (Lipinski definition) is 4. The van der Waals surface area contributed by atoms with E-state index < -0.39 is 12.2 Å². The molecule has 0 saturated carbocycles. The SMILES string of the molecule is Cc1cc(O)ccc1C(O)C(O)CCN. The summed E-state index contributed by atoms with van der Waals surface area (Å²) < 4.78 is 0. The maximum absolute atomic E-state index is 9.80. The maximum atomic E-state index is 9.80. The van der Waals surface area contributed by atoms with Crippen LogP contribution in [0.5, 0.6) is 5.75 Å². The zero-order valence-electron chi connectivity index (χ0n) is 8.72. The molecule has 2 atom stereocenters. The van der Waals surface area contributed by atoms with E-state index >= 15 is 0 Å². The lowest BCUT2D eigenvalue weighted by Gasteiger charge is -2.19. The van der Waals surface area contributed by atoms with E-state index in [4.69, 9.17) is 5.73 Å². The molecule has 1 rings (SSSR count). The smallest absolute Gasteiger partial charge is 0.115 e. The number of aliphatic hydroxyl groups is 2. The Morgan fingerprint density at radius 3 is 2.53 bits per heavy atom. The minimum Gasteiger partial charge on any atom is -0.508 e. The van der Waals surface area contributed by atoms with Crippen LogP contribution in [0, 0.1) is 6.92 Å². The molecule has 1 aromatic carbocycles. The molecule has 15 heavy (non-hydrogen) atoms. The van der Waals surface area contributed by atoms with Crippen LogP contribution in [-0.2, 0) is 0 Å². The van der Waals surface area contributed by atoms with Crippen molar-refractivity contribution in [2.75, 3.05) is 6.54 Å². The summed E-state index contributed by atoms with van der Waals surface area (Å²) in [5, 5.41) is 28.6. The van der Waals surface area contributed by atoms with Crippen LogP contribution in [0.25, 0.3) is 0 Å². The number of benzene rings is 1. The van der Waals surface area contributed by atoms with Gasteiger partial charge in [-0.1, -0.05) is 6.07 Å². The van der Waals surface area contributed by atoms with Gasteiger partial charge in [-0.2, -0.15) is 0 Å². The standard InChI is InChI=1S/C11H17NO3/c1-7-6-8(13)2-3-9(7)11(15)10(14)4-5-12/h2-3,6,10-11,13-15H,4-5,12H2,1H3. The molecule has 0 saturated heterocycles. The van der Waals surface area contributed by atoms with E-state index in [0.29, 0.717) is 18.5 Å². The Balaban J connectivity index is 2.86. The first-order chi connectivity index (χ1) is 7.06. The first-order valence-electron chi connectivity index (χ1n) is 4.92. The molecular formula is C11H17NO3. The predicted molar refractivity (Wildman–Crippen MR) is 57.5 cm³/mol. The molecule has 0 aliphatic rings. The van der Waals surface area contributed by atoms with Crippen LogP contribution in [-0.4, -0.2) is 28.0 Å². The average molecular weight is 211 g/mol. The van der Waals surface area contributed by atoms with Gasteiger partial charge in [0.2, 0.25) is 0 Å². The summed E-state index contributed by atoms with van der Waals surface area (Å²) in [5.41, 5.74) is 6.66. The number of aryl methyl sites for hydroxylation is 1. The number of rotatable bonds is 4. The molecule has 0 aromatic heterocycles. The molecule has 0 bridgehead atoms. The number of hydrogen-bond acceptors (Lipinski definition) is 4. The van der Waals surface area contributed by atoms with E-state index in [1.165, 1.54) is 6.07 Å². The second kappa shape index (κ2) is 5.11. The summed E-state index contributed by atoms with van der Waals surface area (Å²) in [5.74, 6) is 0.150. The van der Waals surface area contributed by atoms with Gasteiger partial charge in [-0.15, -0.1) is 0 Å². The second-order valence-electron chi connectivity index (χ2n) is 3.63. The zero-order valence-corrected chi connectivity index (χ0v) is 8.72. The van der Waals surface area contributed by atoms with Gasteiger partial charge in [0.05, 0.1) is 6.10 Å². The lowest BCUT2D eigenvalue weighted by Crippen LogP contribution is -2.22. The fraction of sp³-hybridized carbons (Fsp3) is 0.455. The fourth-order valence-electron chi connectivity index (χ4n) is 1.53. The quantitative estimate of drug-likeness (QED) is 0.582. The highest BCUT2D eigenvalue weighted by Gasteiger charge is 2.19. The molecular weight excluding hydrogens is 194 g/mol. The molecule has 4 heteroatoms. The van der Waals surface area contributed by atoms with Gasteiger partial charge in [-0.05, 0) is 43.1 Å². The maximum Gasteiger partial charge on any atom is 0.115 e. The molecule has 4 nitrogen and oxygen atoms in total. The Bertz CT molecular complexity index is 328. The van der Waals surface area contributed by atoms with E-state index in [1.54, 1.807) is 19.1 Å². The Morgan fingerprint density at radius 2 is 2.00 bits per heavy atom. The molecule has 0 spiro atoms. The Morgan fingerprint density at radius 1 is 1.33 bits per heavy atom. The highest BCUT2D eigenvalue weighted by molar-refractivity contribution is 5.35. The summed E-state index contributed by atoms with van der Waals surface area (Å²) in [6, 6.07) is 4.64. The van der Waals surface area contributed by atoms with Crippen molar-refractivity contribution in [1.82, 2.24) is 0 Å². The molecule has 0 aliphatic carbocycles. The number of nitrogens with two attached hydrogens (primary N) is 1. The zero-order chi connectivity index (χ0) is 11.4. The highest BCUT2D eigenvalue weighted by Crippen LogP contribution is 2.24. The van der Waals surface area contributed by atoms with Crippen molar-refractivity contribution in [3.8, 4) is 5.75 Å². The van der Waals surface area contributed by atoms with Gasteiger partial charge in [0.25, 0.3) is 0 Å². The van der Waals surface area contributed by atoms with Crippen molar-refractivity contribution in [2.24, 2.45) is 5.73 Å². The van der Waals surface area contributed by atoms with E-state index in [2.05, 4.69) is 0 Å². The summed E-state index contributed by atoms with van der Waals surface area (Å²) in [7, 11) is 0. The molecule has 0 amide bonds. The van der Waals surface area contributed by atoms with Crippen LogP contribution in [0.1, 0.15) is 23.7 Å². The molecule has 84 valence electrons. The van der Waals surface area contributed by atoms with E-state index in [1.807, 2.05) is 0 Å². The van der Waals surface area contributed by atoms with Crippen LogP contribution in [0.15, 0.2) is 18.2 Å². The number of phenols is 1. The summed E-state index contributed by atoms with van der Waals surface area (Å²) >= 11 is 0. The van der Waals surface area contributed by atoms with Crippen molar-refractivity contribution in [1.29, 1.82) is 0 Å². The minimum atomic E-state index is -0.950. The van der Waals surface area contributed by atoms with Gasteiger partial charge in [-0.25, -0.2) is 0 Å². The predicted octanol–water partition coefficient (Wildman–Crippen LogP) is 0.444. The molecule has 1 aromatic rings. The monoisotopic (exact) mass is 211 g/mol. The summed E-state index contributed by atoms with van der Waals surface area (Å²) in [6.45, 7) is 2.10. The van der Waals surface area contributed by atoms with Gasteiger partial charge in [0.15, 0.2) is 0 Å². The molecule has 0 radical (unpaired) electrons. The summed E-state index contributed by atoms with van der Waals surface area (Å²) in [6.07, 6.45) is -1.46. The third-order valence-electron chi connectivity index (χ3n) is 2.40. The van der Waals surface area contributed by atoms with Crippen LogP contribution in [0.4, 0.5) is 0 Å². The van der Waals surface area contributed by atoms with Crippen LogP contribution < -0.4 is 5.73 Å². The molecule has 2 unspecified atom stereocenters. The van der Waals surface area contributed by atoms with Crippen molar-refractivity contribution < 1.29 is 15.3 Å². The average Bonchev–Trinajstić information content (AvgIpc) is 2.17. The van der Waals surface area contributed by atoms with Gasteiger partial charge < -0.3 is 21.1 Å². The molecule has 0 aliphatic heterocycles. The fourth-order valence-corrected chi connectivity index (χ4v) is 1.53. The number of phenolic OH excluding ortho intramolecular Hbond substituents is 1. The van der Waals surface area contributed by atoms with Gasteiger partial charge in [-0.3, -0.25) is 0 Å². The van der Waals surface area contributed by atoms with E-state index in [0.717, 1.165) is 5.56 Å². The lowest BCUT2D eigenvalue weighted by molar-refractivity contribution is 0.0146. The third-order valence-corrected chi connectivity index (χ3v) is 2.40. The minimum absolute atomic E-state index is 0.150. The van der Waals surface area contributed by atoms with Crippen LogP contribution in [0.3, 0.4) is 0 Å². The molecule has 0 fully saturated rings. The number of aliphatic hydroxyl groups excluding tert-OH is 2. The largest absolute Gasteiger partial charge is 0.508 e.